The Morgan fingerprint density at radius 2 is 1.10 bits per heavy atom. The van der Waals surface area contributed by atoms with Gasteiger partial charge in [0.25, 0.3) is 0 Å². The average Bonchev–Trinajstić information content (AvgIpc) is 2.50. The van der Waals surface area contributed by atoms with Crippen molar-refractivity contribution in [3.05, 3.63) is 46.8 Å². The largest absolute Gasteiger partial charge is 0.0969 e. The fourth-order valence-electron chi connectivity index (χ4n) is 2.54. The SMILES string of the molecule is CCC(=C[SiH2]c1ccccc1[SiH2]C=C(CC)CC)CC. The Bertz CT molecular complexity index is 403. The maximum Gasteiger partial charge on any atom is 0.0781 e. The zero-order valence-electron chi connectivity index (χ0n) is 13.7. The molecule has 0 atom stereocenters. The van der Waals surface area contributed by atoms with Gasteiger partial charge in [-0.3, -0.25) is 0 Å². The summed E-state index contributed by atoms with van der Waals surface area (Å²) in [4.78, 5) is 0. The van der Waals surface area contributed by atoms with Gasteiger partial charge in [-0.15, -0.1) is 0 Å². The third-order valence-electron chi connectivity index (χ3n) is 4.16. The van der Waals surface area contributed by atoms with Crippen molar-refractivity contribution in [1.29, 1.82) is 0 Å². The van der Waals surface area contributed by atoms with E-state index < -0.39 is 0 Å². The van der Waals surface area contributed by atoms with E-state index in [0.717, 1.165) is 0 Å². The molecule has 0 saturated carbocycles. The molecule has 0 aliphatic carbocycles. The van der Waals surface area contributed by atoms with Gasteiger partial charge in [-0.05, 0) is 25.7 Å². The molecule has 20 heavy (non-hydrogen) atoms. The van der Waals surface area contributed by atoms with Gasteiger partial charge in [0.1, 0.15) is 0 Å². The van der Waals surface area contributed by atoms with Gasteiger partial charge in [-0.25, -0.2) is 0 Å². The standard InChI is InChI=1S/C18H30Si2/c1-5-15(6-2)13-19-17-11-9-10-12-18(17)20-14-16(7-3)8-4/h9-14H,5-8,19-20H2,1-4H3. The molecule has 0 unspecified atom stereocenters. The van der Waals surface area contributed by atoms with Crippen LogP contribution in [-0.4, -0.2) is 19.0 Å². The van der Waals surface area contributed by atoms with Crippen LogP contribution in [0, 0.1) is 0 Å². The summed E-state index contributed by atoms with van der Waals surface area (Å²) < 4.78 is 0. The molecule has 0 heterocycles. The van der Waals surface area contributed by atoms with E-state index in [0.29, 0.717) is 0 Å². The smallest absolute Gasteiger partial charge is 0.0781 e. The molecule has 0 radical (unpaired) electrons. The first-order chi connectivity index (χ1) is 9.74. The number of allylic oxidation sites excluding steroid dienone is 2. The van der Waals surface area contributed by atoms with Crippen LogP contribution in [0.3, 0.4) is 0 Å². The Morgan fingerprint density at radius 1 is 0.750 bits per heavy atom. The molecule has 1 aromatic carbocycles. The summed E-state index contributed by atoms with van der Waals surface area (Å²) in [6.07, 6.45) is 4.88. The quantitative estimate of drug-likeness (QED) is 0.648. The highest BCUT2D eigenvalue weighted by atomic mass is 28.2. The van der Waals surface area contributed by atoms with Gasteiger partial charge in [0, 0.05) is 0 Å². The van der Waals surface area contributed by atoms with Crippen molar-refractivity contribution < 1.29 is 0 Å². The first-order valence-corrected chi connectivity index (χ1v) is 11.2. The van der Waals surface area contributed by atoms with Gasteiger partial charge < -0.3 is 0 Å². The minimum Gasteiger partial charge on any atom is -0.0969 e. The minimum absolute atomic E-state index is 0.224. The highest BCUT2D eigenvalue weighted by Gasteiger charge is 2.01. The monoisotopic (exact) mass is 302 g/mol. The maximum atomic E-state index is 2.58. The third kappa shape index (κ3) is 5.63. The lowest BCUT2D eigenvalue weighted by Crippen LogP contribution is -2.34. The molecule has 0 aliphatic heterocycles. The second kappa shape index (κ2) is 9.95. The minimum atomic E-state index is -0.224. The molecule has 0 aromatic heterocycles. The molecule has 0 spiro atoms. The molecule has 0 N–H and O–H groups in total. The van der Waals surface area contributed by atoms with Crippen molar-refractivity contribution in [2.24, 2.45) is 0 Å². The molecular weight excluding hydrogens is 272 g/mol. The summed E-state index contributed by atoms with van der Waals surface area (Å²) in [5, 5.41) is 3.36. The van der Waals surface area contributed by atoms with Crippen molar-refractivity contribution in [3.8, 4) is 0 Å². The van der Waals surface area contributed by atoms with Gasteiger partial charge in [-0.2, -0.15) is 0 Å². The predicted molar refractivity (Wildman–Crippen MR) is 100 cm³/mol. The Hall–Kier alpha value is -0.866. The second-order valence-corrected chi connectivity index (χ2v) is 8.47. The van der Waals surface area contributed by atoms with Gasteiger partial charge >= 0.3 is 0 Å². The van der Waals surface area contributed by atoms with Crippen molar-refractivity contribution in [2.75, 3.05) is 0 Å². The van der Waals surface area contributed by atoms with E-state index >= 15 is 0 Å². The number of rotatable bonds is 8. The average molecular weight is 303 g/mol. The summed E-state index contributed by atoms with van der Waals surface area (Å²) in [6.45, 7) is 9.12. The normalized spacial score (nSPS) is 11.4. The molecule has 1 aromatic rings. The van der Waals surface area contributed by atoms with Crippen molar-refractivity contribution in [3.63, 3.8) is 0 Å². The summed E-state index contributed by atoms with van der Waals surface area (Å²) in [7, 11) is -0.448. The summed E-state index contributed by atoms with van der Waals surface area (Å²) in [5.41, 5.74) is 8.45. The molecule has 0 fully saturated rings. The summed E-state index contributed by atoms with van der Waals surface area (Å²) in [6, 6.07) is 9.19. The van der Waals surface area contributed by atoms with Crippen LogP contribution in [0.5, 0.6) is 0 Å². The molecule has 0 bridgehead atoms. The lowest BCUT2D eigenvalue weighted by molar-refractivity contribution is 0.982. The first-order valence-electron chi connectivity index (χ1n) is 8.17. The lowest BCUT2D eigenvalue weighted by Gasteiger charge is -2.07. The van der Waals surface area contributed by atoms with Crippen LogP contribution < -0.4 is 10.4 Å². The zero-order chi connectivity index (χ0) is 14.8. The third-order valence-corrected chi connectivity index (χ3v) is 8.48. The van der Waals surface area contributed by atoms with Crippen LogP contribution in [0.15, 0.2) is 46.8 Å². The van der Waals surface area contributed by atoms with Gasteiger partial charge in [-0.1, -0.05) is 84.9 Å². The summed E-state index contributed by atoms with van der Waals surface area (Å²) >= 11 is 0. The lowest BCUT2D eigenvalue weighted by atomic mass is 10.2. The molecule has 0 nitrogen and oxygen atoms in total. The van der Waals surface area contributed by atoms with Crippen LogP contribution in [0.1, 0.15) is 53.4 Å². The number of benzene rings is 1. The van der Waals surface area contributed by atoms with Gasteiger partial charge in [0.2, 0.25) is 0 Å². The predicted octanol–water partition coefficient (Wildman–Crippen LogP) is 2.68. The van der Waals surface area contributed by atoms with Crippen LogP contribution in [0.2, 0.25) is 0 Å². The number of hydrogen-bond donors (Lipinski definition) is 0. The van der Waals surface area contributed by atoms with E-state index in [4.69, 9.17) is 0 Å². The zero-order valence-corrected chi connectivity index (χ0v) is 16.5. The van der Waals surface area contributed by atoms with E-state index in [2.05, 4.69) is 63.4 Å². The highest BCUT2D eigenvalue weighted by Crippen LogP contribution is 2.04. The molecular formula is C18H30Si2. The van der Waals surface area contributed by atoms with Crippen LogP contribution in [0.4, 0.5) is 0 Å². The van der Waals surface area contributed by atoms with Crippen molar-refractivity contribution in [2.45, 2.75) is 53.4 Å². The second-order valence-electron chi connectivity index (χ2n) is 5.32. The molecule has 0 aliphatic rings. The van der Waals surface area contributed by atoms with E-state index in [1.165, 1.54) is 25.7 Å². The van der Waals surface area contributed by atoms with Crippen LogP contribution in [0.25, 0.3) is 0 Å². The Morgan fingerprint density at radius 3 is 1.40 bits per heavy atom. The van der Waals surface area contributed by atoms with E-state index in [-0.39, 0.29) is 19.0 Å². The molecule has 110 valence electrons. The Labute approximate surface area is 130 Å². The van der Waals surface area contributed by atoms with Crippen LogP contribution in [-0.2, 0) is 0 Å². The molecule has 0 amide bonds. The molecule has 1 rings (SSSR count). The molecule has 2 heteroatoms. The first kappa shape index (κ1) is 17.2. The van der Waals surface area contributed by atoms with Crippen molar-refractivity contribution >= 4 is 29.4 Å². The molecule has 0 saturated heterocycles. The fraction of sp³-hybridized carbons (Fsp3) is 0.444. The Balaban J connectivity index is 2.83. The van der Waals surface area contributed by atoms with Crippen LogP contribution >= 0.6 is 0 Å². The maximum absolute atomic E-state index is 2.58. The topological polar surface area (TPSA) is 0 Å². The van der Waals surface area contributed by atoms with E-state index in [1.54, 1.807) is 21.5 Å². The fourth-order valence-corrected chi connectivity index (χ4v) is 6.88. The van der Waals surface area contributed by atoms with E-state index in [1.807, 2.05) is 0 Å². The highest BCUT2D eigenvalue weighted by molar-refractivity contribution is 6.71. The van der Waals surface area contributed by atoms with Crippen molar-refractivity contribution in [1.82, 2.24) is 0 Å². The Kier molecular flexibility index (Phi) is 8.55. The van der Waals surface area contributed by atoms with Gasteiger partial charge in [0.05, 0.1) is 19.0 Å². The van der Waals surface area contributed by atoms with Gasteiger partial charge in [0.15, 0.2) is 0 Å². The number of hydrogen-bond acceptors (Lipinski definition) is 0. The van der Waals surface area contributed by atoms with E-state index in [9.17, 15) is 0 Å². The summed E-state index contributed by atoms with van der Waals surface area (Å²) in [5.74, 6) is 0.